The van der Waals surface area contributed by atoms with Gasteiger partial charge in [-0.05, 0) is 25.0 Å². The number of aromatic carboxylic acids is 1. The lowest BCUT2D eigenvalue weighted by molar-refractivity contribution is 0.0696. The lowest BCUT2D eigenvalue weighted by atomic mass is 9.89. The van der Waals surface area contributed by atoms with Crippen molar-refractivity contribution in [2.75, 3.05) is 0 Å². The molecule has 0 atom stereocenters. The fraction of sp³-hybridized carbons (Fsp3) is 0.400. The second kappa shape index (κ2) is 5.54. The van der Waals surface area contributed by atoms with E-state index in [4.69, 9.17) is 5.11 Å². The van der Waals surface area contributed by atoms with Crippen LogP contribution in [0.4, 0.5) is 0 Å². The van der Waals surface area contributed by atoms with Crippen molar-refractivity contribution in [1.29, 1.82) is 0 Å². The smallest absolute Gasteiger partial charge is 0.336 e. The Hall–Kier alpha value is -1.75. The second-order valence-corrected chi connectivity index (χ2v) is 4.46. The minimum atomic E-state index is -0.904. The van der Waals surface area contributed by atoms with Crippen LogP contribution in [0.25, 0.3) is 0 Å². The van der Waals surface area contributed by atoms with E-state index in [1.807, 2.05) is 6.07 Å². The van der Waals surface area contributed by atoms with Gasteiger partial charge in [0.05, 0.1) is 5.56 Å². The van der Waals surface area contributed by atoms with Crippen molar-refractivity contribution in [3.63, 3.8) is 0 Å². The largest absolute Gasteiger partial charge is 0.478 e. The summed E-state index contributed by atoms with van der Waals surface area (Å²) in [5, 5.41) is 9.03. The lowest BCUT2D eigenvalue weighted by Gasteiger charge is -2.15. The number of rotatable bonds is 1. The van der Waals surface area contributed by atoms with E-state index in [1.165, 1.54) is 19.3 Å². The quantitative estimate of drug-likeness (QED) is 0.749. The van der Waals surface area contributed by atoms with Gasteiger partial charge in [-0.1, -0.05) is 43.2 Å². The van der Waals surface area contributed by atoms with Crippen molar-refractivity contribution in [2.24, 2.45) is 5.92 Å². The third-order valence-corrected chi connectivity index (χ3v) is 3.17. The summed E-state index contributed by atoms with van der Waals surface area (Å²) in [4.78, 5) is 11.0. The Labute approximate surface area is 102 Å². The molecular weight excluding hydrogens is 212 g/mol. The number of carboxylic acids is 1. The van der Waals surface area contributed by atoms with E-state index in [-0.39, 0.29) is 0 Å². The average Bonchev–Trinajstić information content (AvgIpc) is 2.38. The van der Waals surface area contributed by atoms with Gasteiger partial charge in [0.1, 0.15) is 0 Å². The molecule has 1 aliphatic carbocycles. The van der Waals surface area contributed by atoms with Crippen LogP contribution in [0, 0.1) is 17.8 Å². The van der Waals surface area contributed by atoms with E-state index >= 15 is 0 Å². The fourth-order valence-electron chi connectivity index (χ4n) is 2.21. The van der Waals surface area contributed by atoms with Crippen molar-refractivity contribution in [3.05, 3.63) is 35.4 Å². The van der Waals surface area contributed by atoms with Gasteiger partial charge in [-0.3, -0.25) is 0 Å². The maximum atomic E-state index is 11.0. The maximum Gasteiger partial charge on any atom is 0.336 e. The van der Waals surface area contributed by atoms with Crippen molar-refractivity contribution in [2.45, 2.75) is 32.1 Å². The van der Waals surface area contributed by atoms with Gasteiger partial charge in [-0.15, -0.1) is 0 Å². The highest BCUT2D eigenvalue weighted by Crippen LogP contribution is 2.22. The van der Waals surface area contributed by atoms with E-state index in [1.54, 1.807) is 18.2 Å². The van der Waals surface area contributed by atoms with Crippen molar-refractivity contribution in [3.8, 4) is 11.8 Å². The van der Waals surface area contributed by atoms with Crippen LogP contribution in [0.15, 0.2) is 24.3 Å². The molecule has 2 heteroatoms. The highest BCUT2D eigenvalue weighted by Gasteiger charge is 2.11. The molecule has 1 fully saturated rings. The molecule has 0 aromatic heterocycles. The van der Waals surface area contributed by atoms with E-state index in [9.17, 15) is 4.79 Å². The molecule has 0 radical (unpaired) electrons. The second-order valence-electron chi connectivity index (χ2n) is 4.46. The first kappa shape index (κ1) is 11.7. The molecule has 1 aliphatic rings. The number of hydrogen-bond donors (Lipinski definition) is 1. The normalized spacial score (nSPS) is 16.0. The minimum Gasteiger partial charge on any atom is -0.478 e. The molecule has 17 heavy (non-hydrogen) atoms. The first-order chi connectivity index (χ1) is 8.27. The summed E-state index contributed by atoms with van der Waals surface area (Å²) >= 11 is 0. The van der Waals surface area contributed by atoms with Gasteiger partial charge in [0, 0.05) is 11.5 Å². The Balaban J connectivity index is 2.17. The van der Waals surface area contributed by atoms with Crippen LogP contribution in [0.1, 0.15) is 48.0 Å². The molecule has 2 nitrogen and oxygen atoms in total. The monoisotopic (exact) mass is 228 g/mol. The summed E-state index contributed by atoms with van der Waals surface area (Å²) in [7, 11) is 0. The van der Waals surface area contributed by atoms with Crippen molar-refractivity contribution < 1.29 is 9.90 Å². The Kier molecular flexibility index (Phi) is 3.82. The standard InChI is InChI=1S/C15H16O2/c16-15(17)14-9-5-4-8-13(14)11-10-12-6-2-1-3-7-12/h4-5,8-9,12H,1-3,6-7H2,(H,16,17). The summed E-state index contributed by atoms with van der Waals surface area (Å²) in [5.41, 5.74) is 0.932. The summed E-state index contributed by atoms with van der Waals surface area (Å²) in [5.74, 6) is 5.80. The predicted molar refractivity (Wildman–Crippen MR) is 66.9 cm³/mol. The van der Waals surface area contributed by atoms with Crippen LogP contribution >= 0.6 is 0 Å². The fourth-order valence-corrected chi connectivity index (χ4v) is 2.21. The molecule has 2 rings (SSSR count). The van der Waals surface area contributed by atoms with E-state index in [0.717, 1.165) is 12.8 Å². The Morgan fingerprint density at radius 2 is 1.88 bits per heavy atom. The summed E-state index contributed by atoms with van der Waals surface area (Å²) in [6, 6.07) is 6.94. The van der Waals surface area contributed by atoms with Crippen LogP contribution in [-0.4, -0.2) is 11.1 Å². The minimum absolute atomic E-state index is 0.302. The number of carbonyl (C=O) groups is 1. The Bertz CT molecular complexity index is 459. The summed E-state index contributed by atoms with van der Waals surface area (Å²) in [6.07, 6.45) is 6.12. The topological polar surface area (TPSA) is 37.3 Å². The van der Waals surface area contributed by atoms with Gasteiger partial charge in [0.25, 0.3) is 0 Å². The third kappa shape index (κ3) is 3.10. The third-order valence-electron chi connectivity index (χ3n) is 3.17. The SMILES string of the molecule is O=C(O)c1ccccc1C#CC1CCCCC1. The number of benzene rings is 1. The zero-order chi connectivity index (χ0) is 12.1. The Morgan fingerprint density at radius 3 is 2.59 bits per heavy atom. The van der Waals surface area contributed by atoms with Gasteiger partial charge in [0.2, 0.25) is 0 Å². The van der Waals surface area contributed by atoms with Gasteiger partial charge in [-0.25, -0.2) is 4.79 Å². The van der Waals surface area contributed by atoms with Gasteiger partial charge in [-0.2, -0.15) is 0 Å². The molecule has 1 aromatic rings. The number of hydrogen-bond acceptors (Lipinski definition) is 1. The zero-order valence-corrected chi connectivity index (χ0v) is 9.78. The summed E-state index contributed by atoms with van der Waals surface area (Å²) < 4.78 is 0. The van der Waals surface area contributed by atoms with Gasteiger partial charge in [0.15, 0.2) is 0 Å². The van der Waals surface area contributed by atoms with E-state index < -0.39 is 5.97 Å². The average molecular weight is 228 g/mol. The molecule has 0 aliphatic heterocycles. The lowest BCUT2D eigenvalue weighted by Crippen LogP contribution is -2.04. The molecule has 0 unspecified atom stereocenters. The highest BCUT2D eigenvalue weighted by molar-refractivity contribution is 5.90. The van der Waals surface area contributed by atoms with Crippen LogP contribution in [0.2, 0.25) is 0 Å². The van der Waals surface area contributed by atoms with Crippen LogP contribution in [-0.2, 0) is 0 Å². The molecule has 0 heterocycles. The molecular formula is C15H16O2. The molecule has 1 aromatic carbocycles. The summed E-state index contributed by atoms with van der Waals surface area (Å²) in [6.45, 7) is 0. The highest BCUT2D eigenvalue weighted by atomic mass is 16.4. The van der Waals surface area contributed by atoms with Crippen molar-refractivity contribution >= 4 is 5.97 Å². The molecule has 1 N–H and O–H groups in total. The molecule has 0 saturated heterocycles. The van der Waals surface area contributed by atoms with Crippen LogP contribution in [0.5, 0.6) is 0 Å². The van der Waals surface area contributed by atoms with E-state index in [2.05, 4.69) is 11.8 Å². The van der Waals surface area contributed by atoms with Crippen molar-refractivity contribution in [1.82, 2.24) is 0 Å². The van der Waals surface area contributed by atoms with Crippen LogP contribution in [0.3, 0.4) is 0 Å². The first-order valence-electron chi connectivity index (χ1n) is 6.11. The molecule has 0 spiro atoms. The molecule has 0 amide bonds. The zero-order valence-electron chi connectivity index (χ0n) is 9.78. The molecule has 1 saturated carbocycles. The molecule has 0 bridgehead atoms. The Morgan fingerprint density at radius 1 is 1.18 bits per heavy atom. The predicted octanol–water partition coefficient (Wildman–Crippen LogP) is 3.32. The van der Waals surface area contributed by atoms with Crippen LogP contribution < -0.4 is 0 Å². The molecule has 88 valence electrons. The van der Waals surface area contributed by atoms with E-state index in [0.29, 0.717) is 17.0 Å². The van der Waals surface area contributed by atoms with Gasteiger partial charge < -0.3 is 5.11 Å². The maximum absolute atomic E-state index is 11.0. The first-order valence-corrected chi connectivity index (χ1v) is 6.11. The van der Waals surface area contributed by atoms with Gasteiger partial charge >= 0.3 is 5.97 Å². The number of carboxylic acid groups (broad SMARTS) is 1.